The second kappa shape index (κ2) is 7.80. The van der Waals surface area contributed by atoms with E-state index in [4.69, 9.17) is 4.98 Å². The van der Waals surface area contributed by atoms with Crippen LogP contribution < -0.4 is 4.31 Å². The van der Waals surface area contributed by atoms with Crippen LogP contribution in [0.2, 0.25) is 0 Å². The monoisotopic (exact) mass is 454 g/mol. The van der Waals surface area contributed by atoms with Gasteiger partial charge in [-0.05, 0) is 55.2 Å². The van der Waals surface area contributed by atoms with Crippen molar-refractivity contribution < 1.29 is 13.2 Å². The maximum Gasteiger partial charge on any atom is 0.232 e. The van der Waals surface area contributed by atoms with Crippen LogP contribution in [0.5, 0.6) is 0 Å². The van der Waals surface area contributed by atoms with Crippen LogP contribution in [-0.4, -0.2) is 47.5 Å². The van der Waals surface area contributed by atoms with Crippen molar-refractivity contribution in [3.05, 3.63) is 65.5 Å². The molecule has 1 fully saturated rings. The van der Waals surface area contributed by atoms with Gasteiger partial charge in [0.25, 0.3) is 0 Å². The molecule has 5 rings (SSSR count). The van der Waals surface area contributed by atoms with Crippen LogP contribution >= 0.6 is 11.8 Å². The minimum absolute atomic E-state index is 0.0189. The number of hydrogen-bond acceptors (Lipinski definition) is 6. The zero-order valence-corrected chi connectivity index (χ0v) is 18.7. The third kappa shape index (κ3) is 4.12. The summed E-state index contributed by atoms with van der Waals surface area (Å²) in [7, 11) is -3.30. The van der Waals surface area contributed by atoms with E-state index in [1.165, 1.54) is 22.3 Å². The van der Waals surface area contributed by atoms with Crippen molar-refractivity contribution in [2.45, 2.75) is 30.3 Å². The van der Waals surface area contributed by atoms with E-state index >= 15 is 0 Å². The van der Waals surface area contributed by atoms with E-state index in [0.29, 0.717) is 35.3 Å². The van der Waals surface area contributed by atoms with Crippen molar-refractivity contribution in [1.29, 1.82) is 0 Å². The third-order valence-corrected chi connectivity index (χ3v) is 7.56. The number of hydrogen-bond donors (Lipinski definition) is 0. The molecule has 0 amide bonds. The fourth-order valence-electron chi connectivity index (χ4n) is 3.83. The molecule has 7 nitrogen and oxygen atoms in total. The summed E-state index contributed by atoms with van der Waals surface area (Å²) in [4.78, 5) is 17.5. The second-order valence-corrected chi connectivity index (χ2v) is 10.8. The molecule has 2 aromatic carbocycles. The Bertz CT molecular complexity index is 1250. The van der Waals surface area contributed by atoms with Gasteiger partial charge < -0.3 is 0 Å². The fourth-order valence-corrected chi connectivity index (χ4v) is 5.52. The van der Waals surface area contributed by atoms with Gasteiger partial charge in [0.1, 0.15) is 5.82 Å². The highest BCUT2D eigenvalue weighted by Crippen LogP contribution is 2.40. The van der Waals surface area contributed by atoms with E-state index in [0.717, 1.165) is 29.9 Å². The minimum atomic E-state index is -3.30. The molecular formula is C22H22N4O3S2. The first kappa shape index (κ1) is 20.3. The molecule has 1 saturated carbocycles. The molecule has 1 aliphatic carbocycles. The zero-order valence-electron chi connectivity index (χ0n) is 17.1. The van der Waals surface area contributed by atoms with Crippen LogP contribution in [0.3, 0.4) is 0 Å². The lowest BCUT2D eigenvalue weighted by molar-refractivity contribution is 0.102. The van der Waals surface area contributed by atoms with E-state index in [-0.39, 0.29) is 11.5 Å². The molecule has 0 spiro atoms. The Kier molecular flexibility index (Phi) is 5.10. The molecule has 2 heterocycles. The van der Waals surface area contributed by atoms with Crippen LogP contribution in [0, 0.1) is 0 Å². The van der Waals surface area contributed by atoms with Crippen molar-refractivity contribution in [2.75, 3.05) is 22.9 Å². The van der Waals surface area contributed by atoms with Gasteiger partial charge in [0, 0.05) is 18.0 Å². The first-order chi connectivity index (χ1) is 14.9. The Hall–Kier alpha value is -2.65. The fraction of sp³-hybridized carbons (Fsp3) is 0.318. The van der Waals surface area contributed by atoms with E-state index in [9.17, 15) is 13.2 Å². The maximum atomic E-state index is 12.8. The number of benzene rings is 2. The van der Waals surface area contributed by atoms with Gasteiger partial charge in [0.15, 0.2) is 5.78 Å². The molecule has 160 valence electrons. The average Bonchev–Trinajstić information content (AvgIpc) is 3.36. The highest BCUT2D eigenvalue weighted by Gasteiger charge is 2.31. The van der Waals surface area contributed by atoms with Crippen LogP contribution in [0.25, 0.3) is 5.69 Å². The highest BCUT2D eigenvalue weighted by atomic mass is 32.2. The Balaban J connectivity index is 1.32. The predicted octanol–water partition coefficient (Wildman–Crippen LogP) is 3.44. The van der Waals surface area contributed by atoms with Gasteiger partial charge in [-0.1, -0.05) is 30.0 Å². The number of aromatic nitrogens is 3. The number of ketones is 1. The minimum Gasteiger partial charge on any atom is -0.293 e. The Morgan fingerprint density at radius 3 is 2.65 bits per heavy atom. The Morgan fingerprint density at radius 1 is 1.16 bits per heavy atom. The lowest BCUT2D eigenvalue weighted by atomic mass is 10.1. The number of anilines is 1. The first-order valence-electron chi connectivity index (χ1n) is 10.2. The summed E-state index contributed by atoms with van der Waals surface area (Å²) in [6.07, 6.45) is 4.06. The van der Waals surface area contributed by atoms with Gasteiger partial charge in [-0.3, -0.25) is 9.10 Å². The topological polar surface area (TPSA) is 85.2 Å². The summed E-state index contributed by atoms with van der Waals surface area (Å²) in [6, 6.07) is 15.2. The van der Waals surface area contributed by atoms with E-state index < -0.39 is 10.0 Å². The van der Waals surface area contributed by atoms with Gasteiger partial charge in [-0.25, -0.2) is 18.1 Å². The van der Waals surface area contributed by atoms with E-state index in [2.05, 4.69) is 5.10 Å². The number of sulfonamides is 1. The molecular weight excluding hydrogens is 432 g/mol. The molecule has 0 unspecified atom stereocenters. The SMILES string of the molecule is CS(=O)(=O)N1CCc2cc(C(=O)CSc3nc(C4CC4)n(-c4ccccc4)n3)ccc21. The Morgan fingerprint density at radius 2 is 1.94 bits per heavy atom. The Labute approximate surface area is 185 Å². The number of thioether (sulfide) groups is 1. The number of carbonyl (C=O) groups is 1. The van der Waals surface area contributed by atoms with Gasteiger partial charge in [0.05, 0.1) is 23.4 Å². The molecule has 0 radical (unpaired) electrons. The smallest absolute Gasteiger partial charge is 0.232 e. The standard InChI is InChI=1S/C22H22N4O3S2/c1-31(28,29)25-12-11-16-13-17(9-10-19(16)25)20(27)14-30-22-23-21(15-7-8-15)26(24-22)18-5-3-2-4-6-18/h2-6,9-10,13,15H,7-8,11-12,14H2,1H3. The lowest BCUT2D eigenvalue weighted by Crippen LogP contribution is -2.27. The van der Waals surface area contributed by atoms with Crippen molar-refractivity contribution in [3.8, 4) is 5.69 Å². The summed E-state index contributed by atoms with van der Waals surface area (Å²) in [6.45, 7) is 0.422. The largest absolute Gasteiger partial charge is 0.293 e. The van der Waals surface area contributed by atoms with E-state index in [1.807, 2.05) is 41.1 Å². The van der Waals surface area contributed by atoms with Crippen molar-refractivity contribution in [2.24, 2.45) is 0 Å². The van der Waals surface area contributed by atoms with Gasteiger partial charge in [0.2, 0.25) is 15.2 Å². The molecule has 0 N–H and O–H groups in total. The maximum absolute atomic E-state index is 12.8. The number of carbonyl (C=O) groups excluding carboxylic acids is 1. The molecule has 0 atom stereocenters. The van der Waals surface area contributed by atoms with E-state index in [1.54, 1.807) is 12.1 Å². The average molecular weight is 455 g/mol. The second-order valence-electron chi connectivity index (χ2n) is 7.91. The number of Topliss-reactive ketones (excluding diaryl/α,β-unsaturated/α-hetero) is 1. The molecule has 0 bridgehead atoms. The van der Waals surface area contributed by atoms with Crippen molar-refractivity contribution >= 4 is 33.3 Å². The van der Waals surface area contributed by atoms with Crippen LogP contribution in [0.1, 0.15) is 40.5 Å². The summed E-state index contributed by atoms with van der Waals surface area (Å²) >= 11 is 1.34. The van der Waals surface area contributed by atoms with Crippen LogP contribution in [-0.2, 0) is 16.4 Å². The lowest BCUT2D eigenvalue weighted by Gasteiger charge is -2.16. The number of nitrogens with zero attached hydrogens (tertiary/aromatic N) is 4. The molecule has 2 aliphatic rings. The number of para-hydroxylation sites is 1. The third-order valence-electron chi connectivity index (χ3n) is 5.54. The molecule has 3 aromatic rings. The van der Waals surface area contributed by atoms with Gasteiger partial charge >= 0.3 is 0 Å². The normalized spacial score (nSPS) is 15.8. The van der Waals surface area contributed by atoms with Crippen LogP contribution in [0.4, 0.5) is 5.69 Å². The van der Waals surface area contributed by atoms with Crippen molar-refractivity contribution in [1.82, 2.24) is 14.8 Å². The summed E-state index contributed by atoms with van der Waals surface area (Å²) in [5, 5.41) is 5.25. The first-order valence-corrected chi connectivity index (χ1v) is 13.0. The predicted molar refractivity (Wildman–Crippen MR) is 121 cm³/mol. The molecule has 31 heavy (non-hydrogen) atoms. The molecule has 1 aliphatic heterocycles. The van der Waals surface area contributed by atoms with Crippen molar-refractivity contribution in [3.63, 3.8) is 0 Å². The zero-order chi connectivity index (χ0) is 21.6. The number of rotatable bonds is 7. The van der Waals surface area contributed by atoms with Crippen LogP contribution in [0.15, 0.2) is 53.7 Å². The summed E-state index contributed by atoms with van der Waals surface area (Å²) < 4.78 is 27.1. The quantitative estimate of drug-likeness (QED) is 0.402. The summed E-state index contributed by atoms with van der Waals surface area (Å²) in [5.74, 6) is 1.61. The molecule has 1 aromatic heterocycles. The molecule has 0 saturated heterocycles. The van der Waals surface area contributed by atoms with Gasteiger partial charge in [-0.15, -0.1) is 5.10 Å². The van der Waals surface area contributed by atoms with Gasteiger partial charge in [-0.2, -0.15) is 0 Å². The number of fused-ring (bicyclic) bond motifs is 1. The summed E-state index contributed by atoms with van der Waals surface area (Å²) in [5.41, 5.74) is 3.13. The highest BCUT2D eigenvalue weighted by molar-refractivity contribution is 7.99. The molecule has 9 heteroatoms.